The SMILES string of the molecule is CN(CC(F)F)C(=O)c1ccc(C#CCO)c(Cl)c1. The smallest absolute Gasteiger partial charge is 0.255 e. The van der Waals surface area contributed by atoms with Gasteiger partial charge in [-0.2, -0.15) is 0 Å². The molecule has 1 N–H and O–H groups in total. The molecule has 0 fully saturated rings. The zero-order valence-electron chi connectivity index (χ0n) is 10.2. The molecule has 0 radical (unpaired) electrons. The van der Waals surface area contributed by atoms with Gasteiger partial charge in [-0.3, -0.25) is 4.79 Å². The number of aliphatic hydroxyl groups is 1. The number of benzene rings is 1. The third-order valence-electron chi connectivity index (χ3n) is 2.28. The molecule has 0 aromatic heterocycles. The predicted octanol–water partition coefficient (Wildman–Crippen LogP) is 2.02. The minimum atomic E-state index is -2.58. The molecule has 1 amide bonds. The number of hydrogen-bond acceptors (Lipinski definition) is 2. The maximum absolute atomic E-state index is 12.2. The second kappa shape index (κ2) is 7.07. The van der Waals surface area contributed by atoms with E-state index in [0.717, 1.165) is 4.90 Å². The van der Waals surface area contributed by atoms with Crippen LogP contribution in [0, 0.1) is 11.8 Å². The van der Waals surface area contributed by atoms with E-state index in [-0.39, 0.29) is 17.2 Å². The molecule has 0 saturated heterocycles. The van der Waals surface area contributed by atoms with Crippen molar-refractivity contribution < 1.29 is 18.7 Å². The number of carbonyl (C=O) groups excluding carboxylic acids is 1. The first-order chi connectivity index (χ1) is 8.95. The number of aliphatic hydroxyl groups excluding tert-OH is 1. The van der Waals surface area contributed by atoms with Gasteiger partial charge in [-0.05, 0) is 18.2 Å². The Balaban J connectivity index is 2.91. The van der Waals surface area contributed by atoms with E-state index in [1.54, 1.807) is 0 Å². The van der Waals surface area contributed by atoms with Gasteiger partial charge in [0.15, 0.2) is 0 Å². The van der Waals surface area contributed by atoms with Gasteiger partial charge in [0.2, 0.25) is 0 Å². The minimum absolute atomic E-state index is 0.211. The molecule has 0 aliphatic heterocycles. The van der Waals surface area contributed by atoms with Crippen LogP contribution in [0.5, 0.6) is 0 Å². The molecule has 3 nitrogen and oxygen atoms in total. The van der Waals surface area contributed by atoms with Gasteiger partial charge in [0.05, 0.1) is 11.6 Å². The van der Waals surface area contributed by atoms with Crippen molar-refractivity contribution in [1.29, 1.82) is 0 Å². The largest absolute Gasteiger partial charge is 0.384 e. The van der Waals surface area contributed by atoms with Crippen molar-refractivity contribution in [2.75, 3.05) is 20.2 Å². The number of amides is 1. The molecule has 0 aliphatic rings. The van der Waals surface area contributed by atoms with E-state index in [9.17, 15) is 13.6 Å². The third-order valence-corrected chi connectivity index (χ3v) is 2.59. The summed E-state index contributed by atoms with van der Waals surface area (Å²) in [6.07, 6.45) is -2.58. The summed E-state index contributed by atoms with van der Waals surface area (Å²) in [4.78, 5) is 12.7. The van der Waals surface area contributed by atoms with Gasteiger partial charge in [-0.1, -0.05) is 23.4 Å². The van der Waals surface area contributed by atoms with Crippen molar-refractivity contribution in [3.8, 4) is 11.8 Å². The highest BCUT2D eigenvalue weighted by atomic mass is 35.5. The van der Waals surface area contributed by atoms with Crippen LogP contribution in [-0.2, 0) is 0 Å². The van der Waals surface area contributed by atoms with Crippen LogP contribution in [0.4, 0.5) is 8.78 Å². The average molecular weight is 288 g/mol. The van der Waals surface area contributed by atoms with E-state index >= 15 is 0 Å². The molecule has 1 rings (SSSR count). The molecule has 19 heavy (non-hydrogen) atoms. The fourth-order valence-electron chi connectivity index (χ4n) is 1.39. The van der Waals surface area contributed by atoms with Crippen molar-refractivity contribution in [2.45, 2.75) is 6.43 Å². The lowest BCUT2D eigenvalue weighted by Crippen LogP contribution is -2.31. The van der Waals surface area contributed by atoms with Crippen LogP contribution in [-0.4, -0.2) is 42.5 Å². The maximum atomic E-state index is 12.2. The van der Waals surface area contributed by atoms with Gasteiger partial charge in [-0.25, -0.2) is 8.78 Å². The summed E-state index contributed by atoms with van der Waals surface area (Å²) in [5, 5.41) is 8.80. The lowest BCUT2D eigenvalue weighted by Gasteiger charge is -2.16. The van der Waals surface area contributed by atoms with Crippen molar-refractivity contribution in [3.05, 3.63) is 34.3 Å². The number of rotatable bonds is 3. The highest BCUT2D eigenvalue weighted by Gasteiger charge is 2.16. The van der Waals surface area contributed by atoms with E-state index in [2.05, 4.69) is 11.8 Å². The fourth-order valence-corrected chi connectivity index (χ4v) is 1.62. The molecule has 6 heteroatoms. The lowest BCUT2D eigenvalue weighted by atomic mass is 10.1. The molecule has 0 atom stereocenters. The van der Waals surface area contributed by atoms with Gasteiger partial charge in [-0.15, -0.1) is 0 Å². The zero-order valence-corrected chi connectivity index (χ0v) is 10.9. The van der Waals surface area contributed by atoms with Gasteiger partial charge < -0.3 is 10.0 Å². The van der Waals surface area contributed by atoms with Gasteiger partial charge >= 0.3 is 0 Å². The molecule has 0 aliphatic carbocycles. The van der Waals surface area contributed by atoms with Crippen molar-refractivity contribution >= 4 is 17.5 Å². The van der Waals surface area contributed by atoms with Crippen LogP contribution in [0.3, 0.4) is 0 Å². The molecule has 0 heterocycles. The molecule has 0 saturated carbocycles. The lowest BCUT2D eigenvalue weighted by molar-refractivity contribution is 0.0620. The number of nitrogens with zero attached hydrogens (tertiary/aromatic N) is 1. The van der Waals surface area contributed by atoms with Crippen molar-refractivity contribution in [3.63, 3.8) is 0 Å². The van der Waals surface area contributed by atoms with Gasteiger partial charge in [0.25, 0.3) is 12.3 Å². The monoisotopic (exact) mass is 287 g/mol. The number of hydrogen-bond donors (Lipinski definition) is 1. The Kier molecular flexibility index (Phi) is 5.74. The number of carbonyl (C=O) groups is 1. The molecular formula is C13H12ClF2NO2. The summed E-state index contributed by atoms with van der Waals surface area (Å²) in [5.41, 5.74) is 0.673. The second-order valence-electron chi connectivity index (χ2n) is 3.73. The first-order valence-electron chi connectivity index (χ1n) is 5.38. The summed E-state index contributed by atoms with van der Waals surface area (Å²) in [5.74, 6) is 4.50. The quantitative estimate of drug-likeness (QED) is 0.864. The predicted molar refractivity (Wildman–Crippen MR) is 68.4 cm³/mol. The maximum Gasteiger partial charge on any atom is 0.255 e. The van der Waals surface area contributed by atoms with E-state index in [1.165, 1.54) is 25.2 Å². The average Bonchev–Trinajstić information content (AvgIpc) is 2.35. The molecule has 0 spiro atoms. The van der Waals surface area contributed by atoms with Crippen LogP contribution in [0.15, 0.2) is 18.2 Å². The highest BCUT2D eigenvalue weighted by molar-refractivity contribution is 6.32. The van der Waals surface area contributed by atoms with Crippen molar-refractivity contribution in [1.82, 2.24) is 4.90 Å². The van der Waals surface area contributed by atoms with E-state index in [4.69, 9.17) is 16.7 Å². The topological polar surface area (TPSA) is 40.5 Å². The Bertz CT molecular complexity index is 523. The Morgan fingerprint density at radius 3 is 2.74 bits per heavy atom. The normalized spacial score (nSPS) is 10.0. The van der Waals surface area contributed by atoms with E-state index in [0.29, 0.717) is 5.56 Å². The number of alkyl halides is 2. The molecule has 1 aromatic carbocycles. The Hall–Kier alpha value is -1.64. The zero-order chi connectivity index (χ0) is 14.4. The third kappa shape index (κ3) is 4.51. The molecule has 102 valence electrons. The first kappa shape index (κ1) is 15.4. The molecular weight excluding hydrogens is 276 g/mol. The van der Waals surface area contributed by atoms with Crippen LogP contribution in [0.2, 0.25) is 5.02 Å². The summed E-state index contributed by atoms with van der Waals surface area (Å²) < 4.78 is 24.4. The summed E-state index contributed by atoms with van der Waals surface area (Å²) >= 11 is 5.92. The molecule has 1 aromatic rings. The van der Waals surface area contributed by atoms with Crippen LogP contribution in [0.1, 0.15) is 15.9 Å². The Labute approximate surface area is 114 Å². The van der Waals surface area contributed by atoms with Gasteiger partial charge in [0, 0.05) is 18.2 Å². The number of halogens is 3. The summed E-state index contributed by atoms with van der Waals surface area (Å²) in [6.45, 7) is -0.934. The molecule has 0 bridgehead atoms. The van der Waals surface area contributed by atoms with E-state index < -0.39 is 18.9 Å². The summed E-state index contributed by atoms with van der Waals surface area (Å²) in [7, 11) is 1.29. The second-order valence-corrected chi connectivity index (χ2v) is 4.14. The summed E-state index contributed by atoms with van der Waals surface area (Å²) in [6, 6.07) is 4.33. The van der Waals surface area contributed by atoms with Crippen molar-refractivity contribution in [2.24, 2.45) is 0 Å². The van der Waals surface area contributed by atoms with Crippen LogP contribution in [0.25, 0.3) is 0 Å². The first-order valence-corrected chi connectivity index (χ1v) is 5.76. The fraction of sp³-hybridized carbons (Fsp3) is 0.308. The Morgan fingerprint density at radius 1 is 1.53 bits per heavy atom. The van der Waals surface area contributed by atoms with Gasteiger partial charge in [0.1, 0.15) is 6.61 Å². The van der Waals surface area contributed by atoms with E-state index in [1.807, 2.05) is 0 Å². The molecule has 0 unspecified atom stereocenters. The van der Waals surface area contributed by atoms with Crippen LogP contribution >= 0.6 is 11.6 Å². The Morgan fingerprint density at radius 2 is 2.21 bits per heavy atom. The standard InChI is InChI=1S/C13H12ClF2NO2/c1-17(8-12(15)16)13(19)10-5-4-9(3-2-6-18)11(14)7-10/h4-5,7,12,18H,6,8H2,1H3. The minimum Gasteiger partial charge on any atom is -0.384 e. The van der Waals surface area contributed by atoms with Crippen LogP contribution < -0.4 is 0 Å². The highest BCUT2D eigenvalue weighted by Crippen LogP contribution is 2.18.